The first-order valence-electron chi connectivity index (χ1n) is 9.78. The molecule has 3 rings (SSSR count). The van der Waals surface area contributed by atoms with Gasteiger partial charge in [0.1, 0.15) is 12.1 Å². The van der Waals surface area contributed by atoms with Gasteiger partial charge in [-0.3, -0.25) is 19.3 Å². The molecule has 0 saturated carbocycles. The first-order valence-corrected chi connectivity index (χ1v) is 9.78. The molecule has 1 aliphatic heterocycles. The van der Waals surface area contributed by atoms with Gasteiger partial charge in [-0.1, -0.05) is 54.6 Å². The Hall–Kier alpha value is -3.92. The van der Waals surface area contributed by atoms with Crippen molar-refractivity contribution in [3.8, 4) is 0 Å². The highest BCUT2D eigenvalue weighted by Gasteiger charge is 2.49. The normalized spacial score (nSPS) is 18.5. The van der Waals surface area contributed by atoms with E-state index in [1.54, 1.807) is 61.5 Å². The Balaban J connectivity index is 0.00000385. The molecule has 1 aliphatic rings. The van der Waals surface area contributed by atoms with E-state index in [1.807, 2.05) is 0 Å². The molecule has 2 aromatic carbocycles. The minimum Gasteiger partial charge on any atom is -0.481 e. The molecule has 0 radical (unpaired) electrons. The molecule has 2 unspecified atom stereocenters. The van der Waals surface area contributed by atoms with E-state index in [-0.39, 0.29) is 18.8 Å². The van der Waals surface area contributed by atoms with Crippen LogP contribution in [0.2, 0.25) is 0 Å². The largest absolute Gasteiger partial charge is 0.481 e. The number of hydrazone groups is 1. The number of carboxylic acids is 1. The number of amides is 4. The van der Waals surface area contributed by atoms with E-state index in [1.165, 1.54) is 6.21 Å². The van der Waals surface area contributed by atoms with Crippen LogP contribution in [0.3, 0.4) is 0 Å². The summed E-state index contributed by atoms with van der Waals surface area (Å²) in [4.78, 5) is 50.2. The van der Waals surface area contributed by atoms with Gasteiger partial charge in [-0.15, -0.1) is 12.4 Å². The molecular weight excluding hydrogens is 450 g/mol. The summed E-state index contributed by atoms with van der Waals surface area (Å²) in [5, 5.41) is 17.8. The fourth-order valence-electron chi connectivity index (χ4n) is 3.52. The lowest BCUT2D eigenvalue weighted by Gasteiger charge is -2.23. The van der Waals surface area contributed by atoms with Crippen molar-refractivity contribution in [1.82, 2.24) is 15.5 Å². The summed E-state index contributed by atoms with van der Waals surface area (Å²) in [5.41, 5.74) is 0.501. The first-order chi connectivity index (χ1) is 15.2. The third-order valence-electron chi connectivity index (χ3n) is 5.20. The van der Waals surface area contributed by atoms with E-state index in [2.05, 4.69) is 15.7 Å². The highest BCUT2D eigenvalue weighted by molar-refractivity contribution is 6.09. The van der Waals surface area contributed by atoms with Gasteiger partial charge in [0, 0.05) is 0 Å². The molecule has 1 fully saturated rings. The van der Waals surface area contributed by atoms with Crippen molar-refractivity contribution in [2.24, 2.45) is 10.9 Å². The van der Waals surface area contributed by atoms with Crippen LogP contribution in [0.5, 0.6) is 0 Å². The van der Waals surface area contributed by atoms with Crippen LogP contribution in [0.15, 0.2) is 59.7 Å². The number of hydrogen-bond acceptors (Lipinski definition) is 6. The maximum absolute atomic E-state index is 13.0. The molecule has 1 heterocycles. The Morgan fingerprint density at radius 3 is 2.39 bits per heavy atom. The quantitative estimate of drug-likeness (QED) is 0.197. The van der Waals surface area contributed by atoms with Gasteiger partial charge in [-0.25, -0.2) is 4.79 Å². The van der Waals surface area contributed by atoms with E-state index < -0.39 is 41.9 Å². The Kier molecular flexibility index (Phi) is 8.14. The molecular formula is C22H24ClN5O5. The van der Waals surface area contributed by atoms with Crippen molar-refractivity contribution in [1.29, 1.82) is 0 Å². The van der Waals surface area contributed by atoms with Crippen LogP contribution in [-0.2, 0) is 19.9 Å². The highest BCUT2D eigenvalue weighted by Crippen LogP contribution is 2.29. The smallest absolute Gasteiger partial charge is 0.325 e. The highest BCUT2D eigenvalue weighted by atomic mass is 35.5. The maximum atomic E-state index is 13.0. The molecule has 0 bridgehead atoms. The number of urea groups is 1. The fourth-order valence-corrected chi connectivity index (χ4v) is 3.52. The minimum atomic E-state index is -1.35. The lowest BCUT2D eigenvalue weighted by molar-refractivity contribution is -0.138. The van der Waals surface area contributed by atoms with Crippen molar-refractivity contribution in [3.05, 3.63) is 71.3 Å². The molecule has 0 spiro atoms. The van der Waals surface area contributed by atoms with E-state index in [0.717, 1.165) is 10.5 Å². The molecule has 174 valence electrons. The zero-order valence-electron chi connectivity index (χ0n) is 17.7. The summed E-state index contributed by atoms with van der Waals surface area (Å²) >= 11 is 0. The number of carboxylic acid groups (broad SMARTS) is 1. The average molecular weight is 474 g/mol. The zero-order valence-corrected chi connectivity index (χ0v) is 18.5. The van der Waals surface area contributed by atoms with Gasteiger partial charge >= 0.3 is 12.0 Å². The molecule has 0 aliphatic carbocycles. The van der Waals surface area contributed by atoms with Crippen molar-refractivity contribution in [2.45, 2.75) is 24.9 Å². The third kappa shape index (κ3) is 5.66. The Bertz CT molecular complexity index is 1060. The number of hydrogen-bond donors (Lipinski definition) is 4. The van der Waals surface area contributed by atoms with E-state index in [9.17, 15) is 24.3 Å². The Morgan fingerprint density at radius 1 is 1.18 bits per heavy atom. The van der Waals surface area contributed by atoms with Gasteiger partial charge in [0.2, 0.25) is 5.91 Å². The molecule has 5 N–H and O–H groups in total. The van der Waals surface area contributed by atoms with Crippen LogP contribution in [0.4, 0.5) is 4.79 Å². The maximum Gasteiger partial charge on any atom is 0.325 e. The van der Waals surface area contributed by atoms with Gasteiger partial charge in [-0.2, -0.15) is 5.10 Å². The summed E-state index contributed by atoms with van der Waals surface area (Å²) < 4.78 is 0. The minimum absolute atomic E-state index is 0. The molecule has 4 amide bonds. The molecule has 0 aromatic heterocycles. The second-order valence-electron chi connectivity index (χ2n) is 7.48. The van der Waals surface area contributed by atoms with Crippen molar-refractivity contribution in [2.75, 3.05) is 6.54 Å². The topological polar surface area (TPSA) is 154 Å². The number of imide groups is 1. The van der Waals surface area contributed by atoms with Crippen molar-refractivity contribution < 1.29 is 24.3 Å². The van der Waals surface area contributed by atoms with Crippen LogP contribution < -0.4 is 16.5 Å². The van der Waals surface area contributed by atoms with Crippen molar-refractivity contribution in [3.63, 3.8) is 0 Å². The van der Waals surface area contributed by atoms with Gasteiger partial charge in [0.15, 0.2) is 0 Å². The number of carbonyl (C=O) groups is 4. The van der Waals surface area contributed by atoms with Gasteiger partial charge < -0.3 is 21.6 Å². The van der Waals surface area contributed by atoms with E-state index in [0.29, 0.717) is 11.1 Å². The summed E-state index contributed by atoms with van der Waals surface area (Å²) in [6.07, 6.45) is 1.10. The van der Waals surface area contributed by atoms with Crippen molar-refractivity contribution >= 4 is 42.4 Å². The fraction of sp³-hybridized carbons (Fsp3) is 0.227. The van der Waals surface area contributed by atoms with Gasteiger partial charge in [-0.05, 0) is 23.6 Å². The number of nitrogens with two attached hydrogens (primary N) is 1. The molecule has 2 aromatic rings. The number of aliphatic carboxylic acids is 1. The standard InChI is InChI=1S/C22H23N5O5.ClH/c1-22(16-9-7-14(8-10-16)12-24-23)20(31)27(21(32)26-22)13-18(28)25-17(11-19(29)30)15-5-3-2-4-6-15;/h2-10,12,17H,11,13,23H2,1H3,(H,25,28)(H,26,32)(H,29,30);1H/b24-12+;. The number of nitrogens with one attached hydrogen (secondary N) is 2. The Labute approximate surface area is 196 Å². The zero-order chi connectivity index (χ0) is 23.3. The third-order valence-corrected chi connectivity index (χ3v) is 5.20. The SMILES string of the molecule is CC1(c2ccc(/C=N/N)cc2)NC(=O)N(CC(=O)NC(CC(=O)O)c2ccccc2)C1=O.Cl. The predicted molar refractivity (Wildman–Crippen MR) is 123 cm³/mol. The summed E-state index contributed by atoms with van der Waals surface area (Å²) in [5.74, 6) is 2.80. The summed E-state index contributed by atoms with van der Waals surface area (Å²) in [7, 11) is 0. The van der Waals surface area contributed by atoms with Crippen LogP contribution in [-0.4, -0.2) is 46.6 Å². The summed E-state index contributed by atoms with van der Waals surface area (Å²) in [6, 6.07) is 13.8. The van der Waals surface area contributed by atoms with Gasteiger partial charge in [0.05, 0.1) is 18.7 Å². The average Bonchev–Trinajstić information content (AvgIpc) is 2.98. The predicted octanol–water partition coefficient (Wildman–Crippen LogP) is 1.50. The second-order valence-corrected chi connectivity index (χ2v) is 7.48. The van der Waals surface area contributed by atoms with Crippen LogP contribution in [0.1, 0.15) is 36.1 Å². The van der Waals surface area contributed by atoms with Crippen LogP contribution >= 0.6 is 12.4 Å². The molecule has 2 atom stereocenters. The van der Waals surface area contributed by atoms with Crippen LogP contribution in [0.25, 0.3) is 0 Å². The second kappa shape index (κ2) is 10.6. The molecule has 10 nitrogen and oxygen atoms in total. The number of benzene rings is 2. The van der Waals surface area contributed by atoms with E-state index in [4.69, 9.17) is 5.84 Å². The number of carbonyl (C=O) groups excluding carboxylic acids is 3. The number of halogens is 1. The van der Waals surface area contributed by atoms with E-state index >= 15 is 0 Å². The van der Waals surface area contributed by atoms with Crippen LogP contribution in [0, 0.1) is 0 Å². The molecule has 1 saturated heterocycles. The number of nitrogens with zero attached hydrogens (tertiary/aromatic N) is 2. The first kappa shape index (κ1) is 25.3. The number of rotatable bonds is 8. The monoisotopic (exact) mass is 473 g/mol. The molecule has 11 heteroatoms. The summed E-state index contributed by atoms with van der Waals surface area (Å²) in [6.45, 7) is 1.01. The molecule has 33 heavy (non-hydrogen) atoms. The Morgan fingerprint density at radius 2 is 1.82 bits per heavy atom. The lowest BCUT2D eigenvalue weighted by atomic mass is 9.91. The van der Waals surface area contributed by atoms with Gasteiger partial charge in [0.25, 0.3) is 5.91 Å². The lowest BCUT2D eigenvalue weighted by Crippen LogP contribution is -2.44.